The fraction of sp³-hybridized carbons (Fsp3) is 0.133. The van der Waals surface area contributed by atoms with E-state index in [9.17, 15) is 0 Å². The van der Waals surface area contributed by atoms with E-state index >= 15 is 0 Å². The third kappa shape index (κ3) is 1.74. The molecule has 1 heterocycles. The molecule has 0 saturated heterocycles. The largest absolute Gasteiger partial charge is 0.436 e. The van der Waals surface area contributed by atoms with Gasteiger partial charge in [-0.2, -0.15) is 0 Å². The summed E-state index contributed by atoms with van der Waals surface area (Å²) >= 11 is 0. The van der Waals surface area contributed by atoms with E-state index in [0.29, 0.717) is 5.89 Å². The van der Waals surface area contributed by atoms with Crippen molar-refractivity contribution >= 4 is 16.8 Å². The van der Waals surface area contributed by atoms with Gasteiger partial charge in [0, 0.05) is 11.3 Å². The van der Waals surface area contributed by atoms with E-state index in [4.69, 9.17) is 10.2 Å². The van der Waals surface area contributed by atoms with Crippen LogP contribution in [0.15, 0.2) is 40.8 Å². The Hall–Kier alpha value is -2.29. The van der Waals surface area contributed by atoms with Gasteiger partial charge < -0.3 is 10.2 Å². The topological polar surface area (TPSA) is 52.0 Å². The zero-order chi connectivity index (χ0) is 12.7. The number of nitrogens with zero attached hydrogens (tertiary/aromatic N) is 1. The third-order valence-electron chi connectivity index (χ3n) is 2.98. The number of aromatic nitrogens is 1. The maximum atomic E-state index is 5.83. The zero-order valence-electron chi connectivity index (χ0n) is 10.4. The molecule has 0 saturated carbocycles. The molecule has 0 aliphatic heterocycles. The number of benzene rings is 2. The van der Waals surface area contributed by atoms with E-state index < -0.39 is 0 Å². The summed E-state index contributed by atoms with van der Waals surface area (Å²) in [5.74, 6) is 0.638. The molecule has 0 aliphatic carbocycles. The van der Waals surface area contributed by atoms with E-state index in [-0.39, 0.29) is 0 Å². The van der Waals surface area contributed by atoms with Crippen molar-refractivity contribution in [2.75, 3.05) is 5.73 Å². The normalized spacial score (nSPS) is 11.0. The number of aryl methyl sites for hydroxylation is 2. The molecule has 0 radical (unpaired) electrons. The molecule has 0 spiro atoms. The summed E-state index contributed by atoms with van der Waals surface area (Å²) in [5, 5.41) is 0. The molecular formula is C15H14N2O. The van der Waals surface area contributed by atoms with E-state index in [0.717, 1.165) is 27.9 Å². The van der Waals surface area contributed by atoms with Crippen molar-refractivity contribution in [2.45, 2.75) is 13.8 Å². The van der Waals surface area contributed by atoms with E-state index in [2.05, 4.69) is 18.0 Å². The van der Waals surface area contributed by atoms with Gasteiger partial charge in [-0.25, -0.2) is 4.98 Å². The number of nitrogen functional groups attached to an aromatic ring is 1. The Morgan fingerprint density at radius 3 is 2.50 bits per heavy atom. The molecule has 0 unspecified atom stereocenters. The molecule has 0 atom stereocenters. The number of nitrogens with two attached hydrogens (primary N) is 1. The molecule has 18 heavy (non-hydrogen) atoms. The first-order valence-corrected chi connectivity index (χ1v) is 5.87. The standard InChI is InChI=1S/C15H14N2O/c1-9-7-10(2)14-13(8-9)17-15(18-14)11-3-5-12(16)6-4-11/h3-8H,16H2,1-2H3. The Morgan fingerprint density at radius 1 is 1.06 bits per heavy atom. The van der Waals surface area contributed by atoms with Crippen molar-refractivity contribution in [3.8, 4) is 11.5 Å². The van der Waals surface area contributed by atoms with Gasteiger partial charge in [-0.15, -0.1) is 0 Å². The van der Waals surface area contributed by atoms with Gasteiger partial charge >= 0.3 is 0 Å². The van der Waals surface area contributed by atoms with Crippen LogP contribution in [0.25, 0.3) is 22.6 Å². The summed E-state index contributed by atoms with van der Waals surface area (Å²) in [6, 6.07) is 11.7. The van der Waals surface area contributed by atoms with Crippen molar-refractivity contribution in [1.29, 1.82) is 0 Å². The summed E-state index contributed by atoms with van der Waals surface area (Å²) in [6.45, 7) is 4.09. The predicted molar refractivity (Wildman–Crippen MR) is 73.3 cm³/mol. The minimum absolute atomic E-state index is 0.638. The van der Waals surface area contributed by atoms with Crippen LogP contribution in [0.2, 0.25) is 0 Å². The van der Waals surface area contributed by atoms with Gasteiger partial charge in [0.2, 0.25) is 5.89 Å². The van der Waals surface area contributed by atoms with Crippen molar-refractivity contribution in [2.24, 2.45) is 0 Å². The minimum Gasteiger partial charge on any atom is -0.436 e. The van der Waals surface area contributed by atoms with Crippen LogP contribution < -0.4 is 5.73 Å². The highest BCUT2D eigenvalue weighted by Gasteiger charge is 2.10. The third-order valence-corrected chi connectivity index (χ3v) is 2.98. The first-order chi connectivity index (χ1) is 8.63. The van der Waals surface area contributed by atoms with E-state index in [1.54, 1.807) is 0 Å². The van der Waals surface area contributed by atoms with Crippen LogP contribution in [0, 0.1) is 13.8 Å². The maximum absolute atomic E-state index is 5.83. The summed E-state index contributed by atoms with van der Waals surface area (Å²) in [5.41, 5.74) is 11.4. The summed E-state index contributed by atoms with van der Waals surface area (Å²) in [4.78, 5) is 4.53. The first-order valence-electron chi connectivity index (χ1n) is 5.87. The van der Waals surface area contributed by atoms with E-state index in [1.807, 2.05) is 37.3 Å². The van der Waals surface area contributed by atoms with E-state index in [1.165, 1.54) is 5.56 Å². The summed E-state index contributed by atoms with van der Waals surface area (Å²) < 4.78 is 5.83. The van der Waals surface area contributed by atoms with Crippen LogP contribution in [0.4, 0.5) is 5.69 Å². The van der Waals surface area contributed by atoms with Crippen molar-refractivity contribution in [3.63, 3.8) is 0 Å². The highest BCUT2D eigenvalue weighted by molar-refractivity contribution is 5.80. The Labute approximate surface area is 105 Å². The van der Waals surface area contributed by atoms with Crippen LogP contribution in [0.1, 0.15) is 11.1 Å². The highest BCUT2D eigenvalue weighted by Crippen LogP contribution is 2.27. The number of oxazole rings is 1. The smallest absolute Gasteiger partial charge is 0.227 e. The minimum atomic E-state index is 0.638. The van der Waals surface area contributed by atoms with Crippen molar-refractivity contribution in [3.05, 3.63) is 47.5 Å². The van der Waals surface area contributed by atoms with Crippen LogP contribution in [0.3, 0.4) is 0 Å². The van der Waals surface area contributed by atoms with Gasteiger partial charge in [0.25, 0.3) is 0 Å². The molecule has 1 aromatic heterocycles. The Bertz CT molecular complexity index is 711. The summed E-state index contributed by atoms with van der Waals surface area (Å²) in [6.07, 6.45) is 0. The molecule has 90 valence electrons. The first kappa shape index (κ1) is 10.8. The van der Waals surface area contributed by atoms with Gasteiger partial charge in [-0.3, -0.25) is 0 Å². The van der Waals surface area contributed by atoms with Gasteiger partial charge in [-0.05, 0) is 55.3 Å². The van der Waals surface area contributed by atoms with Gasteiger partial charge in [0.1, 0.15) is 5.52 Å². The van der Waals surface area contributed by atoms with Gasteiger partial charge in [0.05, 0.1) is 0 Å². The zero-order valence-corrected chi connectivity index (χ0v) is 10.4. The molecule has 0 aliphatic rings. The van der Waals surface area contributed by atoms with Gasteiger partial charge in [0.15, 0.2) is 5.58 Å². The molecule has 0 bridgehead atoms. The Morgan fingerprint density at radius 2 is 1.78 bits per heavy atom. The van der Waals surface area contributed by atoms with Crippen LogP contribution >= 0.6 is 0 Å². The Kier molecular flexibility index (Phi) is 2.33. The molecular weight excluding hydrogens is 224 g/mol. The predicted octanol–water partition coefficient (Wildman–Crippen LogP) is 3.69. The van der Waals surface area contributed by atoms with Crippen molar-refractivity contribution < 1.29 is 4.42 Å². The lowest BCUT2D eigenvalue weighted by Gasteiger charge is -1.96. The average molecular weight is 238 g/mol. The number of hydrogen-bond acceptors (Lipinski definition) is 3. The SMILES string of the molecule is Cc1cc(C)c2oc(-c3ccc(N)cc3)nc2c1. The van der Waals surface area contributed by atoms with Gasteiger partial charge in [-0.1, -0.05) is 6.07 Å². The van der Waals surface area contributed by atoms with Crippen LogP contribution in [0.5, 0.6) is 0 Å². The van der Waals surface area contributed by atoms with Crippen molar-refractivity contribution in [1.82, 2.24) is 4.98 Å². The lowest BCUT2D eigenvalue weighted by molar-refractivity contribution is 0.617. The Balaban J connectivity index is 2.19. The molecule has 2 N–H and O–H groups in total. The monoisotopic (exact) mass is 238 g/mol. The van der Waals surface area contributed by atoms with Crippen LogP contribution in [-0.2, 0) is 0 Å². The fourth-order valence-corrected chi connectivity index (χ4v) is 2.13. The quantitative estimate of drug-likeness (QED) is 0.658. The second-order valence-electron chi connectivity index (χ2n) is 4.57. The number of hydrogen-bond donors (Lipinski definition) is 1. The number of anilines is 1. The molecule has 3 rings (SSSR count). The fourth-order valence-electron chi connectivity index (χ4n) is 2.13. The maximum Gasteiger partial charge on any atom is 0.227 e. The molecule has 0 fully saturated rings. The molecule has 0 amide bonds. The lowest BCUT2D eigenvalue weighted by Crippen LogP contribution is -1.83. The molecule has 2 aromatic carbocycles. The second-order valence-corrected chi connectivity index (χ2v) is 4.57. The molecule has 3 nitrogen and oxygen atoms in total. The average Bonchev–Trinajstić information content (AvgIpc) is 2.74. The molecule has 3 heteroatoms. The number of fused-ring (bicyclic) bond motifs is 1. The second kappa shape index (κ2) is 3.88. The highest BCUT2D eigenvalue weighted by atomic mass is 16.3. The number of rotatable bonds is 1. The summed E-state index contributed by atoms with van der Waals surface area (Å²) in [7, 11) is 0. The lowest BCUT2D eigenvalue weighted by atomic mass is 10.1. The molecule has 3 aromatic rings. The van der Waals surface area contributed by atoms with Crippen LogP contribution in [-0.4, -0.2) is 4.98 Å².